The smallest absolute Gasteiger partial charge is 0.291 e. The number of fused-ring (bicyclic) bond motifs is 3. The van der Waals surface area contributed by atoms with E-state index in [0.29, 0.717) is 18.2 Å². The molecule has 1 amide bonds. The van der Waals surface area contributed by atoms with E-state index in [2.05, 4.69) is 44.6 Å². The van der Waals surface area contributed by atoms with Gasteiger partial charge in [0.1, 0.15) is 0 Å². The van der Waals surface area contributed by atoms with Crippen LogP contribution >= 0.6 is 0 Å². The van der Waals surface area contributed by atoms with Gasteiger partial charge >= 0.3 is 0 Å². The maximum absolute atomic E-state index is 12.4. The summed E-state index contributed by atoms with van der Waals surface area (Å²) in [7, 11) is 0. The molecule has 1 aromatic carbocycles. The molecule has 1 saturated carbocycles. The molecule has 25 heavy (non-hydrogen) atoms. The fourth-order valence-corrected chi connectivity index (χ4v) is 4.30. The molecule has 0 aliphatic heterocycles. The zero-order chi connectivity index (χ0) is 17.0. The maximum atomic E-state index is 12.4. The molecule has 0 unspecified atom stereocenters. The van der Waals surface area contributed by atoms with Crippen LogP contribution in [0.1, 0.15) is 40.3 Å². The van der Waals surface area contributed by atoms with Crippen molar-refractivity contribution in [3.63, 3.8) is 0 Å². The van der Waals surface area contributed by atoms with Gasteiger partial charge in [0.25, 0.3) is 11.7 Å². The van der Waals surface area contributed by atoms with Gasteiger partial charge in [0, 0.05) is 23.9 Å². The summed E-state index contributed by atoms with van der Waals surface area (Å²) < 4.78 is 1.60. The summed E-state index contributed by atoms with van der Waals surface area (Å²) in [5.74, 6) is 0.927. The molecule has 2 aliphatic rings. The number of nitrogens with zero attached hydrogens (tertiary/aromatic N) is 4. The minimum absolute atomic E-state index is 0.184. The molecule has 1 N–H and O–H groups in total. The quantitative estimate of drug-likeness (QED) is 0.796. The zero-order valence-corrected chi connectivity index (χ0v) is 14.1. The number of aromatic nitrogens is 4. The van der Waals surface area contributed by atoms with Crippen LogP contribution in [-0.4, -0.2) is 32.0 Å². The minimum atomic E-state index is -0.224. The average molecular weight is 333 g/mol. The maximum Gasteiger partial charge on any atom is 0.291 e. The van der Waals surface area contributed by atoms with E-state index in [1.807, 2.05) is 13.0 Å². The standard InChI is InChI=1S/C19H19N5O/c1-12-7-9-20-18-22-16(23-24(12)18)17(25)21-11-14-10-19(14)8-6-13-4-2-3-5-15(13)19/h2-5,7,9,14H,6,8,10-11H2,1H3,(H,21,25)/t14-,19-/m1/s1. The van der Waals surface area contributed by atoms with Gasteiger partial charge in [-0.2, -0.15) is 4.98 Å². The molecule has 2 aliphatic carbocycles. The Balaban J connectivity index is 1.29. The first-order valence-electron chi connectivity index (χ1n) is 8.72. The predicted molar refractivity (Wildman–Crippen MR) is 92.4 cm³/mol. The second kappa shape index (κ2) is 5.12. The highest BCUT2D eigenvalue weighted by Crippen LogP contribution is 2.61. The van der Waals surface area contributed by atoms with Crippen molar-refractivity contribution in [1.82, 2.24) is 24.9 Å². The van der Waals surface area contributed by atoms with Gasteiger partial charge in [-0.1, -0.05) is 24.3 Å². The van der Waals surface area contributed by atoms with Crippen LogP contribution in [0.5, 0.6) is 0 Å². The first-order valence-corrected chi connectivity index (χ1v) is 8.72. The van der Waals surface area contributed by atoms with E-state index in [4.69, 9.17) is 0 Å². The van der Waals surface area contributed by atoms with Crippen LogP contribution in [0.2, 0.25) is 0 Å². The Bertz CT molecular complexity index is 994. The van der Waals surface area contributed by atoms with E-state index in [1.165, 1.54) is 17.5 Å². The highest BCUT2D eigenvalue weighted by Gasteiger charge is 2.57. The molecule has 0 radical (unpaired) electrons. The number of carbonyl (C=O) groups is 1. The van der Waals surface area contributed by atoms with Crippen LogP contribution in [0.3, 0.4) is 0 Å². The Morgan fingerprint density at radius 2 is 2.24 bits per heavy atom. The molecule has 1 spiro atoms. The number of hydrogen-bond donors (Lipinski definition) is 1. The molecule has 2 heterocycles. The van der Waals surface area contributed by atoms with Gasteiger partial charge in [-0.05, 0) is 49.3 Å². The number of hydrogen-bond acceptors (Lipinski definition) is 4. The Hall–Kier alpha value is -2.76. The molecule has 6 heteroatoms. The van der Waals surface area contributed by atoms with E-state index in [0.717, 1.165) is 18.5 Å². The number of carbonyl (C=O) groups excluding carboxylic acids is 1. The van der Waals surface area contributed by atoms with Crippen LogP contribution in [0.4, 0.5) is 0 Å². The van der Waals surface area contributed by atoms with Crippen molar-refractivity contribution in [2.45, 2.75) is 31.6 Å². The van der Waals surface area contributed by atoms with Crippen LogP contribution in [0.15, 0.2) is 36.5 Å². The van der Waals surface area contributed by atoms with Gasteiger partial charge in [-0.15, -0.1) is 5.10 Å². The first-order chi connectivity index (χ1) is 12.2. The van der Waals surface area contributed by atoms with Crippen molar-refractivity contribution < 1.29 is 4.79 Å². The van der Waals surface area contributed by atoms with Crippen LogP contribution in [0.25, 0.3) is 5.78 Å². The molecule has 5 rings (SSSR count). The topological polar surface area (TPSA) is 72.2 Å². The van der Waals surface area contributed by atoms with Crippen LogP contribution in [-0.2, 0) is 11.8 Å². The molecule has 6 nitrogen and oxygen atoms in total. The number of rotatable bonds is 3. The summed E-state index contributed by atoms with van der Waals surface area (Å²) in [5, 5.41) is 7.28. The van der Waals surface area contributed by atoms with Gasteiger partial charge in [-0.25, -0.2) is 9.50 Å². The van der Waals surface area contributed by atoms with Gasteiger partial charge < -0.3 is 5.32 Å². The molecule has 2 aromatic heterocycles. The summed E-state index contributed by atoms with van der Waals surface area (Å²) in [6.07, 6.45) is 5.18. The third-order valence-corrected chi connectivity index (χ3v) is 5.77. The molecular formula is C19H19N5O. The Morgan fingerprint density at radius 3 is 3.12 bits per heavy atom. The monoisotopic (exact) mass is 333 g/mol. The Kier molecular flexibility index (Phi) is 2.98. The number of benzene rings is 1. The summed E-state index contributed by atoms with van der Waals surface area (Å²) in [6.45, 7) is 2.59. The third-order valence-electron chi connectivity index (χ3n) is 5.77. The van der Waals surface area contributed by atoms with Gasteiger partial charge in [0.05, 0.1) is 0 Å². The summed E-state index contributed by atoms with van der Waals surface area (Å²) in [5.41, 5.74) is 4.15. The Labute approximate surface area is 145 Å². The highest BCUT2D eigenvalue weighted by atomic mass is 16.2. The summed E-state index contributed by atoms with van der Waals surface area (Å²) in [4.78, 5) is 20.8. The van der Waals surface area contributed by atoms with E-state index >= 15 is 0 Å². The normalized spacial score (nSPS) is 23.8. The van der Waals surface area contributed by atoms with Crippen molar-refractivity contribution in [1.29, 1.82) is 0 Å². The minimum Gasteiger partial charge on any atom is -0.349 e. The van der Waals surface area contributed by atoms with Crippen molar-refractivity contribution in [3.05, 3.63) is 59.2 Å². The van der Waals surface area contributed by atoms with Gasteiger partial charge in [-0.3, -0.25) is 4.79 Å². The van der Waals surface area contributed by atoms with Crippen molar-refractivity contribution in [2.24, 2.45) is 5.92 Å². The lowest BCUT2D eigenvalue weighted by molar-refractivity contribution is 0.0940. The average Bonchev–Trinajstić information content (AvgIpc) is 2.97. The van der Waals surface area contributed by atoms with E-state index in [1.54, 1.807) is 10.7 Å². The molecule has 126 valence electrons. The lowest BCUT2D eigenvalue weighted by atomic mass is 9.95. The number of amides is 1. The lowest BCUT2D eigenvalue weighted by Crippen LogP contribution is -2.28. The molecule has 3 aromatic rings. The van der Waals surface area contributed by atoms with Gasteiger partial charge in [0.15, 0.2) is 0 Å². The second-order valence-electron chi connectivity index (χ2n) is 7.16. The number of aryl methyl sites for hydroxylation is 2. The van der Waals surface area contributed by atoms with E-state index in [-0.39, 0.29) is 17.1 Å². The summed E-state index contributed by atoms with van der Waals surface area (Å²) >= 11 is 0. The highest BCUT2D eigenvalue weighted by molar-refractivity contribution is 5.90. The van der Waals surface area contributed by atoms with Crippen LogP contribution < -0.4 is 5.32 Å². The van der Waals surface area contributed by atoms with Crippen molar-refractivity contribution in [3.8, 4) is 0 Å². The Morgan fingerprint density at radius 1 is 1.36 bits per heavy atom. The molecule has 0 bridgehead atoms. The van der Waals surface area contributed by atoms with Crippen molar-refractivity contribution in [2.75, 3.05) is 6.54 Å². The summed E-state index contributed by atoms with van der Waals surface area (Å²) in [6, 6.07) is 10.6. The van der Waals surface area contributed by atoms with E-state index in [9.17, 15) is 4.79 Å². The SMILES string of the molecule is Cc1ccnc2nc(C(=O)NC[C@H]3C[C@]34CCc3ccccc34)nn12. The van der Waals surface area contributed by atoms with Gasteiger partial charge in [0.2, 0.25) is 5.82 Å². The van der Waals surface area contributed by atoms with Crippen molar-refractivity contribution >= 4 is 11.7 Å². The predicted octanol–water partition coefficient (Wildman–Crippen LogP) is 2.07. The third kappa shape index (κ3) is 2.17. The molecule has 0 saturated heterocycles. The largest absolute Gasteiger partial charge is 0.349 e. The van der Waals surface area contributed by atoms with E-state index < -0.39 is 0 Å². The fraction of sp³-hybridized carbons (Fsp3) is 0.368. The number of nitrogens with one attached hydrogen (secondary N) is 1. The van der Waals surface area contributed by atoms with Crippen LogP contribution in [0, 0.1) is 12.8 Å². The second-order valence-corrected chi connectivity index (χ2v) is 7.16. The molecular weight excluding hydrogens is 314 g/mol. The molecule has 2 atom stereocenters. The fourth-order valence-electron chi connectivity index (χ4n) is 4.30. The zero-order valence-electron chi connectivity index (χ0n) is 14.1. The molecule has 1 fully saturated rings. The first kappa shape index (κ1) is 14.6. The lowest BCUT2D eigenvalue weighted by Gasteiger charge is -2.11.